The highest BCUT2D eigenvalue weighted by Crippen LogP contribution is 2.26. The summed E-state index contributed by atoms with van der Waals surface area (Å²) in [6.07, 6.45) is 0.763. The van der Waals surface area contributed by atoms with Gasteiger partial charge in [-0.15, -0.1) is 0 Å². The lowest BCUT2D eigenvalue weighted by Gasteiger charge is -2.33. The number of nitrogens with one attached hydrogen (secondary N) is 1. The third-order valence-electron chi connectivity index (χ3n) is 5.61. The fraction of sp³-hybridized carbons (Fsp3) is 0.440. The molecule has 0 unspecified atom stereocenters. The molecule has 2 rings (SSSR count). The Morgan fingerprint density at radius 3 is 2.37 bits per heavy atom. The quantitative estimate of drug-likeness (QED) is 0.449. The molecule has 0 fully saturated rings. The van der Waals surface area contributed by atoms with Gasteiger partial charge in [-0.3, -0.25) is 9.59 Å². The van der Waals surface area contributed by atoms with Crippen LogP contribution < -0.4 is 9.62 Å². The summed E-state index contributed by atoms with van der Waals surface area (Å²) < 4.78 is 29.6. The molecule has 2 aromatic carbocycles. The van der Waals surface area contributed by atoms with Crippen molar-refractivity contribution in [3.63, 3.8) is 0 Å². The molecule has 0 heterocycles. The van der Waals surface area contributed by atoms with Gasteiger partial charge in [0.25, 0.3) is 0 Å². The second-order valence-electron chi connectivity index (χ2n) is 8.71. The Morgan fingerprint density at radius 2 is 1.77 bits per heavy atom. The van der Waals surface area contributed by atoms with Crippen LogP contribution in [0.1, 0.15) is 37.0 Å². The number of amides is 2. The molecule has 0 aliphatic rings. The summed E-state index contributed by atoms with van der Waals surface area (Å²) in [5, 5.41) is 2.83. The molecule has 0 aliphatic carbocycles. The summed E-state index contributed by atoms with van der Waals surface area (Å²) in [6.45, 7) is 7.48. The van der Waals surface area contributed by atoms with E-state index in [1.165, 1.54) is 19.0 Å². The Bertz CT molecular complexity index is 1150. The van der Waals surface area contributed by atoms with E-state index in [1.54, 1.807) is 19.9 Å². The smallest absolute Gasteiger partial charge is 0.304 e. The molecular weight excluding hydrogens is 532 g/mol. The second kappa shape index (κ2) is 12.5. The molecule has 0 radical (unpaired) electrons. The highest BCUT2D eigenvalue weighted by molar-refractivity contribution is 9.10. The second-order valence-corrected chi connectivity index (χ2v) is 11.7. The Hall–Kier alpha value is -2.43. The molecule has 2 amide bonds. The zero-order chi connectivity index (χ0) is 26.3. The van der Waals surface area contributed by atoms with E-state index in [1.807, 2.05) is 50.2 Å². The van der Waals surface area contributed by atoms with Crippen molar-refractivity contribution < 1.29 is 18.0 Å². The molecule has 0 bridgehead atoms. The number of benzene rings is 2. The van der Waals surface area contributed by atoms with Crippen LogP contribution >= 0.6 is 15.9 Å². The predicted octanol–water partition coefficient (Wildman–Crippen LogP) is 3.62. The van der Waals surface area contributed by atoms with Crippen molar-refractivity contribution in [3.8, 4) is 0 Å². The minimum atomic E-state index is -3.99. The van der Waals surface area contributed by atoms with Crippen LogP contribution in [0.5, 0.6) is 0 Å². The molecule has 10 heteroatoms. The zero-order valence-corrected chi connectivity index (χ0v) is 23.6. The van der Waals surface area contributed by atoms with Crippen molar-refractivity contribution in [1.29, 1.82) is 0 Å². The summed E-state index contributed by atoms with van der Waals surface area (Å²) in [6, 6.07) is 12.1. The number of hydrogen-bond acceptors (Lipinski definition) is 4. The first kappa shape index (κ1) is 28.8. The molecule has 0 spiro atoms. The van der Waals surface area contributed by atoms with E-state index in [2.05, 4.69) is 21.2 Å². The summed E-state index contributed by atoms with van der Waals surface area (Å²) in [4.78, 5) is 27.9. The highest BCUT2D eigenvalue weighted by atomic mass is 79.9. The van der Waals surface area contributed by atoms with Gasteiger partial charge in [-0.25, -0.2) is 4.31 Å². The van der Waals surface area contributed by atoms with Crippen molar-refractivity contribution in [2.75, 3.05) is 31.5 Å². The van der Waals surface area contributed by atoms with Crippen molar-refractivity contribution >= 4 is 43.6 Å². The average Bonchev–Trinajstić information content (AvgIpc) is 2.80. The van der Waals surface area contributed by atoms with Gasteiger partial charge in [-0.2, -0.15) is 12.7 Å². The van der Waals surface area contributed by atoms with E-state index in [9.17, 15) is 18.0 Å². The number of halogens is 1. The van der Waals surface area contributed by atoms with Gasteiger partial charge in [-0.1, -0.05) is 47.1 Å². The summed E-state index contributed by atoms with van der Waals surface area (Å²) in [5.74, 6) is -0.764. The molecule has 0 saturated heterocycles. The van der Waals surface area contributed by atoms with E-state index >= 15 is 0 Å². The first-order valence-corrected chi connectivity index (χ1v) is 13.7. The van der Waals surface area contributed by atoms with Crippen molar-refractivity contribution in [2.24, 2.45) is 0 Å². The van der Waals surface area contributed by atoms with E-state index < -0.39 is 28.7 Å². The maximum atomic E-state index is 13.7. The SMILES string of the molecule is CCCNC(=O)[C@H](C)N(Cc1cccc(Br)c1)C(=O)CN(c1cc(C)ccc1C)S(=O)(=O)N(C)C. The summed E-state index contributed by atoms with van der Waals surface area (Å²) in [5.41, 5.74) is 2.84. The maximum Gasteiger partial charge on any atom is 0.304 e. The Kier molecular flexibility index (Phi) is 10.3. The largest absolute Gasteiger partial charge is 0.354 e. The Labute approximate surface area is 217 Å². The van der Waals surface area contributed by atoms with Gasteiger partial charge in [-0.05, 0) is 62.1 Å². The molecule has 0 aromatic heterocycles. The van der Waals surface area contributed by atoms with Gasteiger partial charge >= 0.3 is 10.2 Å². The van der Waals surface area contributed by atoms with Crippen molar-refractivity contribution in [2.45, 2.75) is 46.7 Å². The minimum Gasteiger partial charge on any atom is -0.354 e. The van der Waals surface area contributed by atoms with Gasteiger partial charge in [0.1, 0.15) is 12.6 Å². The van der Waals surface area contributed by atoms with E-state index in [0.717, 1.165) is 36.2 Å². The average molecular weight is 568 g/mol. The maximum absolute atomic E-state index is 13.7. The third-order valence-corrected chi connectivity index (χ3v) is 7.91. The molecule has 1 atom stereocenters. The number of hydrogen-bond donors (Lipinski definition) is 1. The van der Waals surface area contributed by atoms with Gasteiger partial charge in [0, 0.05) is 31.7 Å². The normalized spacial score (nSPS) is 12.3. The fourth-order valence-electron chi connectivity index (χ4n) is 3.50. The molecule has 0 aliphatic heterocycles. The summed E-state index contributed by atoms with van der Waals surface area (Å²) in [7, 11) is -1.13. The summed E-state index contributed by atoms with van der Waals surface area (Å²) >= 11 is 3.44. The number of anilines is 1. The van der Waals surface area contributed by atoms with Crippen LogP contribution in [0.25, 0.3) is 0 Å². The molecule has 35 heavy (non-hydrogen) atoms. The number of carbonyl (C=O) groups is 2. The first-order chi connectivity index (χ1) is 16.4. The zero-order valence-electron chi connectivity index (χ0n) is 21.2. The lowest BCUT2D eigenvalue weighted by molar-refractivity contribution is -0.139. The van der Waals surface area contributed by atoms with E-state index in [4.69, 9.17) is 0 Å². The number of nitrogens with zero attached hydrogens (tertiary/aromatic N) is 3. The molecule has 192 valence electrons. The monoisotopic (exact) mass is 566 g/mol. The molecule has 1 N–H and O–H groups in total. The molecular formula is C25H35BrN4O4S. The van der Waals surface area contributed by atoms with E-state index in [-0.39, 0.29) is 12.5 Å². The predicted molar refractivity (Wildman–Crippen MR) is 143 cm³/mol. The molecule has 0 saturated carbocycles. The van der Waals surface area contributed by atoms with Gasteiger partial charge in [0.05, 0.1) is 5.69 Å². The number of aryl methyl sites for hydroxylation is 2. The van der Waals surface area contributed by atoms with Crippen LogP contribution in [-0.4, -0.2) is 62.7 Å². The van der Waals surface area contributed by atoms with E-state index in [0.29, 0.717) is 12.2 Å². The minimum absolute atomic E-state index is 0.154. The number of rotatable bonds is 11. The van der Waals surface area contributed by atoms with Crippen molar-refractivity contribution in [1.82, 2.24) is 14.5 Å². The van der Waals surface area contributed by atoms with Crippen LogP contribution in [0.3, 0.4) is 0 Å². The van der Waals surface area contributed by atoms with Crippen LogP contribution in [0.2, 0.25) is 0 Å². The first-order valence-electron chi connectivity index (χ1n) is 11.5. The van der Waals surface area contributed by atoms with Gasteiger partial charge < -0.3 is 10.2 Å². The Balaban J connectivity index is 2.49. The third kappa shape index (κ3) is 7.52. The van der Waals surface area contributed by atoms with Crippen molar-refractivity contribution in [3.05, 3.63) is 63.6 Å². The molecule has 8 nitrogen and oxygen atoms in total. The fourth-order valence-corrected chi connectivity index (χ4v) is 5.06. The topological polar surface area (TPSA) is 90.0 Å². The molecule has 2 aromatic rings. The van der Waals surface area contributed by atoms with Crippen LogP contribution in [-0.2, 0) is 26.3 Å². The Morgan fingerprint density at radius 1 is 1.09 bits per heavy atom. The van der Waals surface area contributed by atoms with Crippen LogP contribution in [0.4, 0.5) is 5.69 Å². The standard InChI is InChI=1S/C25H35BrN4O4S/c1-7-13-27-25(32)20(4)29(16-21-9-8-10-22(26)15-21)24(31)17-30(35(33,34)28(5)6)23-14-18(2)11-12-19(23)3/h8-12,14-15,20H,7,13,16-17H2,1-6H3,(H,27,32)/t20-/m0/s1. The van der Waals surface area contributed by atoms with Gasteiger partial charge in [0.15, 0.2) is 0 Å². The van der Waals surface area contributed by atoms with Gasteiger partial charge in [0.2, 0.25) is 11.8 Å². The number of carbonyl (C=O) groups excluding carboxylic acids is 2. The lowest BCUT2D eigenvalue weighted by atomic mass is 10.1. The lowest BCUT2D eigenvalue weighted by Crippen LogP contribution is -2.52. The van der Waals surface area contributed by atoms with Crippen LogP contribution in [0, 0.1) is 13.8 Å². The van der Waals surface area contributed by atoms with Crippen LogP contribution in [0.15, 0.2) is 46.9 Å². The highest BCUT2D eigenvalue weighted by Gasteiger charge is 2.33.